The molecule has 0 aromatic heterocycles. The minimum absolute atomic E-state index is 0.357. The van der Waals surface area contributed by atoms with Crippen LogP contribution in [-0.2, 0) is 0 Å². The van der Waals surface area contributed by atoms with E-state index in [0.29, 0.717) is 46.6 Å². The van der Waals surface area contributed by atoms with Gasteiger partial charge in [-0.05, 0) is 30.3 Å². The number of para-hydroxylation sites is 1. The van der Waals surface area contributed by atoms with E-state index in [4.69, 9.17) is 25.8 Å². The van der Waals surface area contributed by atoms with Crippen molar-refractivity contribution in [3.8, 4) is 17.2 Å². The average Bonchev–Trinajstić information content (AvgIpc) is 2.61. The molecule has 0 saturated heterocycles. The minimum atomic E-state index is -0.357. The summed E-state index contributed by atoms with van der Waals surface area (Å²) in [6.45, 7) is 0.967. The van der Waals surface area contributed by atoms with Gasteiger partial charge in [0.15, 0.2) is 11.5 Å². The molecule has 1 N–H and O–H groups in total. The molecule has 0 bridgehead atoms. The summed E-state index contributed by atoms with van der Waals surface area (Å²) in [5.41, 5.74) is 3.55. The van der Waals surface area contributed by atoms with Crippen LogP contribution in [0.5, 0.6) is 17.2 Å². The number of rotatable bonds is 4. The number of carbonyl (C=O) groups is 1. The summed E-state index contributed by atoms with van der Waals surface area (Å²) < 4.78 is 16.1. The van der Waals surface area contributed by atoms with Crippen LogP contribution in [-0.4, -0.2) is 32.4 Å². The maximum Gasteiger partial charge on any atom is 0.271 e. The molecule has 1 aliphatic heterocycles. The van der Waals surface area contributed by atoms with Crippen LogP contribution in [0.25, 0.3) is 0 Å². The number of nitrogens with one attached hydrogen (secondary N) is 1. The molecule has 0 spiro atoms. The van der Waals surface area contributed by atoms with Crippen LogP contribution in [0.1, 0.15) is 15.9 Å². The van der Waals surface area contributed by atoms with Crippen LogP contribution in [0.15, 0.2) is 41.5 Å². The molecule has 1 amide bonds. The highest BCUT2D eigenvalue weighted by molar-refractivity contribution is 6.32. The normalized spacial score (nSPS) is 12.9. The maximum atomic E-state index is 12.2. The number of nitrogens with zero attached hydrogens (tertiary/aromatic N) is 1. The third-order valence-corrected chi connectivity index (χ3v) is 3.67. The van der Waals surface area contributed by atoms with E-state index in [1.165, 1.54) is 13.3 Å². The first kappa shape index (κ1) is 16.1. The third kappa shape index (κ3) is 3.44. The van der Waals surface area contributed by atoms with Crippen molar-refractivity contribution in [2.75, 3.05) is 20.3 Å². The fourth-order valence-electron chi connectivity index (χ4n) is 2.25. The number of halogens is 1. The first-order valence-corrected chi connectivity index (χ1v) is 7.62. The van der Waals surface area contributed by atoms with Gasteiger partial charge >= 0.3 is 0 Å². The Balaban J connectivity index is 1.71. The Morgan fingerprint density at radius 3 is 2.83 bits per heavy atom. The first-order valence-electron chi connectivity index (χ1n) is 7.24. The predicted octanol–water partition coefficient (Wildman–Crippen LogP) is 2.88. The molecule has 0 saturated carbocycles. The second-order valence-electron chi connectivity index (χ2n) is 4.92. The van der Waals surface area contributed by atoms with E-state index in [1.807, 2.05) is 0 Å². The Morgan fingerprint density at radius 2 is 2.04 bits per heavy atom. The topological polar surface area (TPSA) is 69.2 Å². The van der Waals surface area contributed by atoms with E-state index < -0.39 is 0 Å². The van der Waals surface area contributed by atoms with E-state index >= 15 is 0 Å². The van der Waals surface area contributed by atoms with Gasteiger partial charge < -0.3 is 14.2 Å². The molecule has 1 aliphatic rings. The van der Waals surface area contributed by atoms with Crippen LogP contribution in [0.4, 0.5) is 0 Å². The number of hydrogen-bond donors (Lipinski definition) is 1. The molecule has 2 aromatic rings. The monoisotopic (exact) mass is 346 g/mol. The highest BCUT2D eigenvalue weighted by Crippen LogP contribution is 2.30. The zero-order chi connectivity index (χ0) is 16.9. The van der Waals surface area contributed by atoms with Crippen molar-refractivity contribution in [3.63, 3.8) is 0 Å². The van der Waals surface area contributed by atoms with E-state index in [9.17, 15) is 4.79 Å². The summed E-state index contributed by atoms with van der Waals surface area (Å²) in [7, 11) is 1.52. The zero-order valence-electron chi connectivity index (χ0n) is 12.9. The van der Waals surface area contributed by atoms with Gasteiger partial charge in [-0.1, -0.05) is 17.7 Å². The summed E-state index contributed by atoms with van der Waals surface area (Å²) >= 11 is 6.03. The second kappa shape index (κ2) is 7.23. The second-order valence-corrected chi connectivity index (χ2v) is 5.33. The minimum Gasteiger partial charge on any atom is -0.495 e. The van der Waals surface area contributed by atoms with Gasteiger partial charge in [-0.2, -0.15) is 5.10 Å². The summed E-state index contributed by atoms with van der Waals surface area (Å²) in [6.07, 6.45) is 1.47. The molecule has 24 heavy (non-hydrogen) atoms. The SMILES string of the molecule is COc1c(Cl)cccc1C=NNC(=O)c1ccc2c(c1)OCCO2. The van der Waals surface area contributed by atoms with Crippen molar-refractivity contribution in [1.29, 1.82) is 0 Å². The molecule has 1 heterocycles. The molecule has 0 aliphatic carbocycles. The molecule has 2 aromatic carbocycles. The van der Waals surface area contributed by atoms with Gasteiger partial charge in [-0.15, -0.1) is 0 Å². The van der Waals surface area contributed by atoms with E-state index in [2.05, 4.69) is 10.5 Å². The predicted molar refractivity (Wildman–Crippen MR) is 90.5 cm³/mol. The van der Waals surface area contributed by atoms with Gasteiger partial charge in [0.1, 0.15) is 19.0 Å². The first-order chi connectivity index (χ1) is 11.7. The number of carbonyl (C=O) groups excluding carboxylic acids is 1. The molecule has 0 atom stereocenters. The van der Waals surface area contributed by atoms with E-state index in [-0.39, 0.29) is 5.91 Å². The van der Waals surface area contributed by atoms with Crippen LogP contribution in [0.3, 0.4) is 0 Å². The summed E-state index contributed by atoms with van der Waals surface area (Å²) in [6, 6.07) is 10.2. The summed E-state index contributed by atoms with van der Waals surface area (Å²) in [5, 5.41) is 4.42. The standard InChI is InChI=1S/C17H15ClN2O4/c1-22-16-12(3-2-4-13(16)18)10-19-20-17(21)11-5-6-14-15(9-11)24-8-7-23-14/h2-6,9-10H,7-8H2,1H3,(H,20,21). The highest BCUT2D eigenvalue weighted by atomic mass is 35.5. The van der Waals surface area contributed by atoms with Crippen molar-refractivity contribution < 1.29 is 19.0 Å². The van der Waals surface area contributed by atoms with Gasteiger partial charge in [0.05, 0.1) is 18.3 Å². The molecule has 0 fully saturated rings. The lowest BCUT2D eigenvalue weighted by Gasteiger charge is -2.18. The molecular weight excluding hydrogens is 332 g/mol. The van der Waals surface area contributed by atoms with Crippen molar-refractivity contribution in [1.82, 2.24) is 5.43 Å². The van der Waals surface area contributed by atoms with Gasteiger partial charge in [-0.25, -0.2) is 5.43 Å². The highest BCUT2D eigenvalue weighted by Gasteiger charge is 2.14. The molecular formula is C17H15ClN2O4. The van der Waals surface area contributed by atoms with Gasteiger partial charge in [0, 0.05) is 11.1 Å². The van der Waals surface area contributed by atoms with Crippen molar-refractivity contribution in [3.05, 3.63) is 52.5 Å². The van der Waals surface area contributed by atoms with Gasteiger partial charge in [0.25, 0.3) is 5.91 Å². The van der Waals surface area contributed by atoms with Gasteiger partial charge in [-0.3, -0.25) is 4.79 Å². The Bertz CT molecular complexity index is 792. The lowest BCUT2D eigenvalue weighted by Crippen LogP contribution is -2.19. The number of hydrazone groups is 1. The smallest absolute Gasteiger partial charge is 0.271 e. The van der Waals surface area contributed by atoms with Crippen molar-refractivity contribution in [2.45, 2.75) is 0 Å². The molecule has 124 valence electrons. The van der Waals surface area contributed by atoms with Crippen LogP contribution in [0.2, 0.25) is 5.02 Å². The Hall–Kier alpha value is -2.73. The summed E-state index contributed by atoms with van der Waals surface area (Å²) in [5.74, 6) is 1.32. The largest absolute Gasteiger partial charge is 0.495 e. The van der Waals surface area contributed by atoms with Crippen molar-refractivity contribution >= 4 is 23.7 Å². The average molecular weight is 347 g/mol. The molecule has 7 heteroatoms. The van der Waals surface area contributed by atoms with Crippen LogP contribution < -0.4 is 19.6 Å². The van der Waals surface area contributed by atoms with E-state index in [1.54, 1.807) is 36.4 Å². The Kier molecular flexibility index (Phi) is 4.86. The lowest BCUT2D eigenvalue weighted by atomic mass is 10.2. The molecule has 0 radical (unpaired) electrons. The number of hydrogen-bond acceptors (Lipinski definition) is 5. The Morgan fingerprint density at radius 1 is 1.25 bits per heavy atom. The van der Waals surface area contributed by atoms with Crippen LogP contribution in [0, 0.1) is 0 Å². The third-order valence-electron chi connectivity index (χ3n) is 3.38. The number of benzene rings is 2. The zero-order valence-corrected chi connectivity index (χ0v) is 13.7. The van der Waals surface area contributed by atoms with Crippen LogP contribution >= 0.6 is 11.6 Å². The number of methoxy groups -OCH3 is 1. The molecule has 3 rings (SSSR count). The number of amides is 1. The maximum absolute atomic E-state index is 12.2. The van der Waals surface area contributed by atoms with Gasteiger partial charge in [0.2, 0.25) is 0 Å². The fraction of sp³-hybridized carbons (Fsp3) is 0.176. The Labute approximate surface area is 144 Å². The van der Waals surface area contributed by atoms with E-state index in [0.717, 1.165) is 0 Å². The summed E-state index contributed by atoms with van der Waals surface area (Å²) in [4.78, 5) is 12.2. The quantitative estimate of drug-likeness (QED) is 0.682. The van der Waals surface area contributed by atoms with Crippen molar-refractivity contribution in [2.24, 2.45) is 5.10 Å². The fourth-order valence-corrected chi connectivity index (χ4v) is 2.51. The molecule has 6 nitrogen and oxygen atoms in total. The lowest BCUT2D eigenvalue weighted by molar-refractivity contribution is 0.0954. The number of ether oxygens (including phenoxy) is 3. The number of fused-ring (bicyclic) bond motifs is 1. The molecule has 0 unspecified atom stereocenters.